The van der Waals surface area contributed by atoms with E-state index in [0.29, 0.717) is 28.5 Å². The Balaban J connectivity index is 2.00. The number of nitrogens with one attached hydrogen (secondary N) is 1. The number of anilines is 1. The van der Waals surface area contributed by atoms with Crippen LogP contribution in [0.4, 0.5) is 11.5 Å². The maximum Gasteiger partial charge on any atom is 0.199 e. The molecule has 0 aliphatic heterocycles. The van der Waals surface area contributed by atoms with Gasteiger partial charge in [0.25, 0.3) is 0 Å². The molecular formula is C19H16N4O2. The number of hydrogen-bond donors (Lipinski definition) is 3. The lowest BCUT2D eigenvalue weighted by Gasteiger charge is -2.06. The average Bonchev–Trinajstić information content (AvgIpc) is 3.16. The fraction of sp³-hybridized carbons (Fsp3) is 0.0526. The number of aryl methyl sites for hydroxylation is 1. The van der Waals surface area contributed by atoms with Crippen molar-refractivity contribution in [1.29, 1.82) is 0 Å². The molecule has 2 aromatic carbocycles. The Morgan fingerprint density at radius 1 is 1.16 bits per heavy atom. The smallest absolute Gasteiger partial charge is 0.199 e. The number of rotatable bonds is 3. The van der Waals surface area contributed by atoms with E-state index in [1.165, 1.54) is 0 Å². The van der Waals surface area contributed by atoms with Crippen LogP contribution in [0.25, 0.3) is 10.9 Å². The summed E-state index contributed by atoms with van der Waals surface area (Å²) in [4.78, 5) is 7.59. The Morgan fingerprint density at radius 2 is 1.96 bits per heavy atom. The summed E-state index contributed by atoms with van der Waals surface area (Å²) < 4.78 is 5.11. The van der Waals surface area contributed by atoms with Gasteiger partial charge in [-0.25, -0.2) is 4.99 Å². The van der Waals surface area contributed by atoms with Crippen molar-refractivity contribution < 1.29 is 9.63 Å². The minimum Gasteiger partial charge on any atom is -0.494 e. The minimum atomic E-state index is 0.0309. The molecular weight excluding hydrogens is 316 g/mol. The van der Waals surface area contributed by atoms with Crippen molar-refractivity contribution in [2.45, 2.75) is 6.92 Å². The molecule has 0 amide bonds. The molecule has 6 heteroatoms. The molecule has 6 nitrogen and oxygen atoms in total. The number of aliphatic imine (C=N–C) groups is 1. The van der Waals surface area contributed by atoms with Crippen molar-refractivity contribution >= 4 is 28.1 Å². The molecule has 4 aromatic rings. The molecule has 25 heavy (non-hydrogen) atoms. The molecule has 0 saturated heterocycles. The summed E-state index contributed by atoms with van der Waals surface area (Å²) in [5.41, 5.74) is 9.34. The molecule has 4 N–H and O–H groups in total. The highest BCUT2D eigenvalue weighted by Gasteiger charge is 2.19. The zero-order valence-electron chi connectivity index (χ0n) is 13.5. The third-order valence-electron chi connectivity index (χ3n) is 3.93. The summed E-state index contributed by atoms with van der Waals surface area (Å²) in [5, 5.41) is 15.3. The van der Waals surface area contributed by atoms with Crippen LogP contribution in [0.15, 0.2) is 64.1 Å². The second kappa shape index (κ2) is 5.83. The van der Waals surface area contributed by atoms with Crippen LogP contribution >= 0.6 is 0 Å². The first-order valence-corrected chi connectivity index (χ1v) is 7.80. The number of benzene rings is 2. The highest BCUT2D eigenvalue weighted by molar-refractivity contribution is 6.22. The maximum atomic E-state index is 10.5. The fourth-order valence-electron chi connectivity index (χ4n) is 2.82. The highest BCUT2D eigenvalue weighted by Crippen LogP contribution is 2.32. The summed E-state index contributed by atoms with van der Waals surface area (Å²) in [6.45, 7) is 1.80. The van der Waals surface area contributed by atoms with Gasteiger partial charge in [-0.15, -0.1) is 0 Å². The predicted molar refractivity (Wildman–Crippen MR) is 97.4 cm³/mol. The van der Waals surface area contributed by atoms with Gasteiger partial charge in [0.15, 0.2) is 11.7 Å². The van der Waals surface area contributed by atoms with E-state index in [0.717, 1.165) is 16.5 Å². The van der Waals surface area contributed by atoms with E-state index in [1.807, 2.05) is 42.5 Å². The van der Waals surface area contributed by atoms with Gasteiger partial charge in [0.05, 0.1) is 11.3 Å². The second-order valence-corrected chi connectivity index (χ2v) is 5.78. The summed E-state index contributed by atoms with van der Waals surface area (Å²) >= 11 is 0. The van der Waals surface area contributed by atoms with Gasteiger partial charge in [-0.1, -0.05) is 35.5 Å². The number of nitrogens with zero attached hydrogens (tertiary/aromatic N) is 2. The van der Waals surface area contributed by atoms with Crippen molar-refractivity contribution in [3.05, 3.63) is 71.5 Å². The van der Waals surface area contributed by atoms with Crippen LogP contribution in [0.1, 0.15) is 16.9 Å². The molecule has 124 valence electrons. The van der Waals surface area contributed by atoms with Crippen LogP contribution < -0.4 is 5.73 Å². The van der Waals surface area contributed by atoms with Crippen LogP contribution in [0.2, 0.25) is 0 Å². The second-order valence-electron chi connectivity index (χ2n) is 5.78. The van der Waals surface area contributed by atoms with Gasteiger partial charge in [-0.3, -0.25) is 0 Å². The van der Waals surface area contributed by atoms with Gasteiger partial charge in [-0.05, 0) is 25.1 Å². The van der Waals surface area contributed by atoms with Crippen molar-refractivity contribution in [1.82, 2.24) is 10.1 Å². The number of aromatic amines is 1. The van der Waals surface area contributed by atoms with E-state index < -0.39 is 0 Å². The topological polar surface area (TPSA) is 100 Å². The minimum absolute atomic E-state index is 0.0309. The van der Waals surface area contributed by atoms with E-state index in [9.17, 15) is 5.11 Å². The number of hydrogen-bond acceptors (Lipinski definition) is 5. The Labute approximate surface area is 143 Å². The lowest BCUT2D eigenvalue weighted by Crippen LogP contribution is -2.03. The van der Waals surface area contributed by atoms with E-state index in [2.05, 4.69) is 15.1 Å². The molecule has 0 radical (unpaired) electrons. The van der Waals surface area contributed by atoms with Gasteiger partial charge in [-0.2, -0.15) is 0 Å². The number of nitrogen functional groups attached to an aromatic ring is 1. The molecule has 0 saturated carbocycles. The summed E-state index contributed by atoms with van der Waals surface area (Å²) in [7, 11) is 0. The van der Waals surface area contributed by atoms with Gasteiger partial charge in [0.1, 0.15) is 5.76 Å². The SMILES string of the molecule is Cc1cc(N=C(c2ccccc2)c2c(O)[nH]c3ccc(N)cc23)no1. The zero-order chi connectivity index (χ0) is 17.4. The summed E-state index contributed by atoms with van der Waals surface area (Å²) in [6, 6.07) is 16.8. The first kappa shape index (κ1) is 15.0. The molecule has 0 aliphatic rings. The van der Waals surface area contributed by atoms with Gasteiger partial charge in [0.2, 0.25) is 0 Å². The molecule has 0 atom stereocenters. The molecule has 2 aromatic heterocycles. The molecule has 0 fully saturated rings. The Kier molecular flexibility index (Phi) is 3.50. The van der Waals surface area contributed by atoms with Crippen molar-refractivity contribution in [3.63, 3.8) is 0 Å². The third-order valence-corrected chi connectivity index (χ3v) is 3.93. The summed E-state index contributed by atoms with van der Waals surface area (Å²) in [5.74, 6) is 1.14. The van der Waals surface area contributed by atoms with Crippen LogP contribution in [0.3, 0.4) is 0 Å². The quantitative estimate of drug-likeness (QED) is 0.391. The van der Waals surface area contributed by atoms with Crippen LogP contribution in [-0.2, 0) is 0 Å². The molecule has 0 bridgehead atoms. The monoisotopic (exact) mass is 332 g/mol. The lowest BCUT2D eigenvalue weighted by molar-refractivity contribution is 0.399. The first-order chi connectivity index (χ1) is 12.1. The van der Waals surface area contributed by atoms with E-state index in [1.54, 1.807) is 19.1 Å². The van der Waals surface area contributed by atoms with Gasteiger partial charge in [0, 0.05) is 28.2 Å². The van der Waals surface area contributed by atoms with Crippen molar-refractivity contribution in [2.24, 2.45) is 4.99 Å². The third kappa shape index (κ3) is 2.74. The number of aromatic hydroxyl groups is 1. The van der Waals surface area contributed by atoms with E-state index >= 15 is 0 Å². The lowest BCUT2D eigenvalue weighted by atomic mass is 10.0. The van der Waals surface area contributed by atoms with Crippen molar-refractivity contribution in [2.75, 3.05) is 5.73 Å². The molecule has 0 aliphatic carbocycles. The van der Waals surface area contributed by atoms with Crippen LogP contribution in [0, 0.1) is 6.92 Å². The Bertz CT molecular complexity index is 1080. The van der Waals surface area contributed by atoms with E-state index in [-0.39, 0.29) is 5.88 Å². The number of nitrogens with two attached hydrogens (primary N) is 1. The number of fused-ring (bicyclic) bond motifs is 1. The summed E-state index contributed by atoms with van der Waals surface area (Å²) in [6.07, 6.45) is 0. The van der Waals surface area contributed by atoms with Crippen LogP contribution in [-0.4, -0.2) is 21.0 Å². The molecule has 2 heterocycles. The maximum absolute atomic E-state index is 10.5. The van der Waals surface area contributed by atoms with Gasteiger partial charge >= 0.3 is 0 Å². The first-order valence-electron chi connectivity index (χ1n) is 7.80. The average molecular weight is 332 g/mol. The number of H-pyrrole nitrogens is 1. The van der Waals surface area contributed by atoms with Crippen LogP contribution in [0.5, 0.6) is 5.88 Å². The van der Waals surface area contributed by atoms with Gasteiger partial charge < -0.3 is 20.3 Å². The largest absolute Gasteiger partial charge is 0.494 e. The molecule has 0 spiro atoms. The standard InChI is InChI=1S/C19H16N4O2/c1-11-9-16(23-25-11)22-18(12-5-3-2-4-6-12)17-14-10-13(20)7-8-15(14)21-19(17)24/h2-10,21,24H,20H2,1H3. The number of aromatic nitrogens is 2. The zero-order valence-corrected chi connectivity index (χ0v) is 13.5. The Hall–Kier alpha value is -3.54. The Morgan fingerprint density at radius 3 is 2.68 bits per heavy atom. The van der Waals surface area contributed by atoms with Crippen molar-refractivity contribution in [3.8, 4) is 5.88 Å². The predicted octanol–water partition coefficient (Wildman–Crippen LogP) is 3.92. The highest BCUT2D eigenvalue weighted by atomic mass is 16.5. The fourth-order valence-corrected chi connectivity index (χ4v) is 2.82. The molecule has 4 rings (SSSR count). The molecule has 0 unspecified atom stereocenters. The van der Waals surface area contributed by atoms with E-state index in [4.69, 9.17) is 10.3 Å². The normalized spacial score (nSPS) is 12.0.